The van der Waals surface area contributed by atoms with E-state index in [0.717, 1.165) is 0 Å². The zero-order chi connectivity index (χ0) is 21.0. The van der Waals surface area contributed by atoms with Gasteiger partial charge in [0, 0.05) is 11.3 Å². The van der Waals surface area contributed by atoms with E-state index in [1.165, 1.54) is 26.8 Å². The minimum atomic E-state index is -1.27. The third-order valence-electron chi connectivity index (χ3n) is 4.77. The molecule has 0 radical (unpaired) electrons. The molecule has 152 valence electrons. The maximum Gasteiger partial charge on any atom is 0.332 e. The molecular formula is C19H24N2O7. The number of ether oxygens (including phenoxy) is 2. The number of nitrogens with one attached hydrogen (secondary N) is 2. The summed E-state index contributed by atoms with van der Waals surface area (Å²) >= 11 is 0. The van der Waals surface area contributed by atoms with Gasteiger partial charge in [-0.3, -0.25) is 14.4 Å². The fourth-order valence-corrected chi connectivity index (χ4v) is 2.92. The van der Waals surface area contributed by atoms with E-state index in [1.807, 2.05) is 0 Å². The molecule has 1 aliphatic heterocycles. The van der Waals surface area contributed by atoms with Crippen LogP contribution in [0.2, 0.25) is 0 Å². The summed E-state index contributed by atoms with van der Waals surface area (Å²) in [4.78, 5) is 48.1. The maximum absolute atomic E-state index is 12.7. The molecule has 0 bridgehead atoms. The average molecular weight is 392 g/mol. The Kier molecular flexibility index (Phi) is 6.74. The van der Waals surface area contributed by atoms with Crippen molar-refractivity contribution in [3.8, 4) is 0 Å². The van der Waals surface area contributed by atoms with Crippen LogP contribution in [0.1, 0.15) is 36.7 Å². The van der Waals surface area contributed by atoms with Crippen molar-refractivity contribution >= 4 is 29.9 Å². The molecule has 9 nitrogen and oxygen atoms in total. The molecule has 28 heavy (non-hydrogen) atoms. The van der Waals surface area contributed by atoms with Crippen LogP contribution in [0.5, 0.6) is 0 Å². The molecule has 2 rings (SSSR count). The molecule has 2 amide bonds. The van der Waals surface area contributed by atoms with E-state index in [4.69, 9.17) is 9.47 Å². The lowest BCUT2D eigenvalue weighted by Gasteiger charge is -2.24. The summed E-state index contributed by atoms with van der Waals surface area (Å²) < 4.78 is 10.5. The molecule has 5 atom stereocenters. The lowest BCUT2D eigenvalue weighted by molar-refractivity contribution is -0.158. The fourth-order valence-electron chi connectivity index (χ4n) is 2.92. The van der Waals surface area contributed by atoms with Gasteiger partial charge in [0.25, 0.3) is 5.91 Å². The van der Waals surface area contributed by atoms with Crippen molar-refractivity contribution < 1.29 is 33.8 Å². The van der Waals surface area contributed by atoms with Gasteiger partial charge in [0.2, 0.25) is 6.41 Å². The Morgan fingerprint density at radius 2 is 1.75 bits per heavy atom. The van der Waals surface area contributed by atoms with E-state index in [2.05, 4.69) is 10.6 Å². The molecule has 0 aromatic heterocycles. The van der Waals surface area contributed by atoms with Gasteiger partial charge < -0.3 is 25.2 Å². The first-order valence-corrected chi connectivity index (χ1v) is 8.87. The molecule has 0 saturated carbocycles. The van der Waals surface area contributed by atoms with Gasteiger partial charge >= 0.3 is 11.9 Å². The number of aliphatic hydroxyl groups is 1. The predicted molar refractivity (Wildman–Crippen MR) is 98.4 cm³/mol. The maximum atomic E-state index is 12.7. The van der Waals surface area contributed by atoms with Crippen LogP contribution < -0.4 is 10.6 Å². The third-order valence-corrected chi connectivity index (χ3v) is 4.77. The Balaban J connectivity index is 2.28. The lowest BCUT2D eigenvalue weighted by Crippen LogP contribution is -2.50. The van der Waals surface area contributed by atoms with Gasteiger partial charge in [-0.15, -0.1) is 0 Å². The van der Waals surface area contributed by atoms with Gasteiger partial charge in [0.1, 0.15) is 18.3 Å². The van der Waals surface area contributed by atoms with Gasteiger partial charge in [-0.2, -0.15) is 0 Å². The first kappa shape index (κ1) is 21.4. The molecular weight excluding hydrogens is 368 g/mol. The highest BCUT2D eigenvalue weighted by atomic mass is 16.6. The van der Waals surface area contributed by atoms with Gasteiger partial charge in [0.15, 0.2) is 6.04 Å². The number of rotatable bonds is 4. The quantitative estimate of drug-likeness (QED) is 0.503. The molecule has 1 saturated heterocycles. The van der Waals surface area contributed by atoms with E-state index in [0.29, 0.717) is 17.7 Å². The van der Waals surface area contributed by atoms with Crippen molar-refractivity contribution in [3.63, 3.8) is 0 Å². The normalized spacial score (nSPS) is 28.1. The second kappa shape index (κ2) is 8.83. The number of amides is 2. The van der Waals surface area contributed by atoms with E-state index in [1.54, 1.807) is 19.1 Å². The summed E-state index contributed by atoms with van der Waals surface area (Å²) in [5.74, 6) is -3.02. The minimum absolute atomic E-state index is 0.236. The second-order valence-corrected chi connectivity index (χ2v) is 6.75. The second-order valence-electron chi connectivity index (χ2n) is 6.75. The van der Waals surface area contributed by atoms with Crippen LogP contribution in [0.4, 0.5) is 5.69 Å². The number of carbonyl (C=O) groups is 4. The van der Waals surface area contributed by atoms with Crippen LogP contribution in [0.3, 0.4) is 0 Å². The number of esters is 2. The predicted octanol–water partition coefficient (Wildman–Crippen LogP) is 0.536. The highest BCUT2D eigenvalue weighted by Gasteiger charge is 2.39. The van der Waals surface area contributed by atoms with Crippen LogP contribution in [0.25, 0.3) is 0 Å². The Morgan fingerprint density at radius 3 is 2.39 bits per heavy atom. The molecule has 1 heterocycles. The topological polar surface area (TPSA) is 131 Å². The van der Waals surface area contributed by atoms with Gasteiger partial charge in [-0.1, -0.05) is 6.07 Å². The van der Waals surface area contributed by atoms with Gasteiger partial charge in [-0.25, -0.2) is 4.79 Å². The van der Waals surface area contributed by atoms with Crippen LogP contribution in [-0.4, -0.2) is 53.7 Å². The first-order chi connectivity index (χ1) is 13.2. The minimum Gasteiger partial charge on any atom is -0.460 e. The van der Waals surface area contributed by atoms with Crippen molar-refractivity contribution in [2.45, 2.75) is 52.0 Å². The Bertz CT molecular complexity index is 780. The summed E-state index contributed by atoms with van der Waals surface area (Å²) in [6.45, 7) is 6.03. The molecule has 1 fully saturated rings. The summed E-state index contributed by atoms with van der Waals surface area (Å²) in [5, 5.41) is 15.1. The first-order valence-electron chi connectivity index (χ1n) is 8.87. The molecule has 9 heteroatoms. The molecule has 0 aliphatic carbocycles. The molecule has 3 N–H and O–H groups in total. The molecule has 0 spiro atoms. The fraction of sp³-hybridized carbons (Fsp3) is 0.474. The number of benzene rings is 1. The molecule has 1 aromatic carbocycles. The van der Waals surface area contributed by atoms with E-state index in [-0.39, 0.29) is 5.56 Å². The SMILES string of the molecule is Cc1c(NC=O)cccc1C(=O)N[C@@H]1C(=O)O[C@@H](C)[C@H](O)[C@@H](C)C(=O)O[C@@H]1C. The van der Waals surface area contributed by atoms with Crippen molar-refractivity contribution in [3.05, 3.63) is 29.3 Å². The Labute approximate surface area is 162 Å². The van der Waals surface area contributed by atoms with E-state index in [9.17, 15) is 24.3 Å². The number of anilines is 1. The van der Waals surface area contributed by atoms with Crippen LogP contribution >= 0.6 is 0 Å². The largest absolute Gasteiger partial charge is 0.460 e. The van der Waals surface area contributed by atoms with Crippen LogP contribution in [0.15, 0.2) is 18.2 Å². The number of hydrogen-bond acceptors (Lipinski definition) is 7. The van der Waals surface area contributed by atoms with Crippen molar-refractivity contribution in [2.75, 3.05) is 5.32 Å². The lowest BCUT2D eigenvalue weighted by atomic mass is 10.0. The summed E-state index contributed by atoms with van der Waals surface area (Å²) in [5.41, 5.74) is 1.19. The Morgan fingerprint density at radius 1 is 1.11 bits per heavy atom. The smallest absolute Gasteiger partial charge is 0.332 e. The monoisotopic (exact) mass is 392 g/mol. The Hall–Kier alpha value is -2.94. The van der Waals surface area contributed by atoms with E-state index < -0.39 is 48.1 Å². The van der Waals surface area contributed by atoms with Crippen molar-refractivity contribution in [2.24, 2.45) is 5.92 Å². The zero-order valence-electron chi connectivity index (χ0n) is 16.1. The number of aliphatic hydroxyl groups excluding tert-OH is 1. The summed E-state index contributed by atoms with van der Waals surface area (Å²) in [7, 11) is 0. The number of cyclic esters (lactones) is 2. The standard InChI is InChI=1S/C19H24N2O7/c1-9-13(6-5-7-14(9)20-8-22)17(24)21-15-11(3)27-18(25)10(2)16(23)12(4)28-19(15)26/h5-8,10-12,15-16,23H,1-4H3,(H,20,22)(H,21,24)/t10-,11-,12+,15+,16-/m1/s1. The third kappa shape index (κ3) is 4.48. The van der Waals surface area contributed by atoms with Crippen molar-refractivity contribution in [1.82, 2.24) is 5.32 Å². The van der Waals surface area contributed by atoms with Crippen molar-refractivity contribution in [1.29, 1.82) is 0 Å². The summed E-state index contributed by atoms with van der Waals surface area (Å²) in [6, 6.07) is 3.48. The zero-order valence-corrected chi connectivity index (χ0v) is 16.1. The average Bonchev–Trinajstić information content (AvgIpc) is 2.67. The van der Waals surface area contributed by atoms with Gasteiger partial charge in [0.05, 0.1) is 5.92 Å². The molecule has 1 aliphatic rings. The molecule has 1 aromatic rings. The highest BCUT2D eigenvalue weighted by Crippen LogP contribution is 2.21. The summed E-state index contributed by atoms with van der Waals surface area (Å²) in [6.07, 6.45) is -2.71. The highest BCUT2D eigenvalue weighted by molar-refractivity contribution is 5.99. The van der Waals surface area contributed by atoms with Gasteiger partial charge in [-0.05, 0) is 45.4 Å². The molecule has 0 unspecified atom stereocenters. The van der Waals surface area contributed by atoms with Crippen LogP contribution in [-0.2, 0) is 23.9 Å². The van der Waals surface area contributed by atoms with E-state index >= 15 is 0 Å². The number of carbonyl (C=O) groups excluding carboxylic acids is 4. The number of hydrogen-bond donors (Lipinski definition) is 3. The van der Waals surface area contributed by atoms with Crippen LogP contribution in [0, 0.1) is 12.8 Å².